The molecule has 0 radical (unpaired) electrons. The largest absolute Gasteiger partial charge is 0.300 e. The van der Waals surface area contributed by atoms with Gasteiger partial charge in [0.05, 0.1) is 0 Å². The number of carbonyl (C=O) groups is 1. The van der Waals surface area contributed by atoms with Crippen LogP contribution >= 0.6 is 0 Å². The number of allylic oxidation sites excluding steroid dienone is 2. The Bertz CT molecular complexity index is 783. The molecule has 2 unspecified atom stereocenters. The molecule has 0 amide bonds. The highest BCUT2D eigenvalue weighted by Crippen LogP contribution is 2.68. The molecule has 0 spiro atoms. The third-order valence-corrected chi connectivity index (χ3v) is 9.41. The van der Waals surface area contributed by atoms with Crippen molar-refractivity contribution in [3.8, 4) is 0 Å². The monoisotopic (exact) mass is 363 g/mol. The fraction of sp³-hybridized carbons (Fsp3) is 0.680. The molecule has 1 aromatic rings. The number of pyridine rings is 1. The molecule has 144 valence electrons. The average molecular weight is 364 g/mol. The first-order chi connectivity index (χ1) is 12.9. The topological polar surface area (TPSA) is 30.0 Å². The number of Topliss-reactive ketones (excluding diaryl/α,β-unsaturated/α-hetero) is 1. The molecule has 2 heteroatoms. The number of fused-ring (bicyclic) bond motifs is 5. The van der Waals surface area contributed by atoms with Crippen LogP contribution in [0.25, 0.3) is 5.57 Å². The van der Waals surface area contributed by atoms with Gasteiger partial charge in [-0.3, -0.25) is 9.78 Å². The van der Waals surface area contributed by atoms with Gasteiger partial charge in [0, 0.05) is 25.2 Å². The molecule has 0 aromatic carbocycles. The summed E-state index contributed by atoms with van der Waals surface area (Å²) in [7, 11) is 0. The van der Waals surface area contributed by atoms with E-state index in [1.165, 1.54) is 31.2 Å². The third kappa shape index (κ3) is 2.44. The minimum atomic E-state index is 0.303. The summed E-state index contributed by atoms with van der Waals surface area (Å²) >= 11 is 0. The van der Waals surface area contributed by atoms with Crippen molar-refractivity contribution in [1.29, 1.82) is 0 Å². The van der Waals surface area contributed by atoms with E-state index in [-0.39, 0.29) is 0 Å². The van der Waals surface area contributed by atoms with Crippen molar-refractivity contribution < 1.29 is 4.79 Å². The Morgan fingerprint density at radius 1 is 1.15 bits per heavy atom. The van der Waals surface area contributed by atoms with E-state index in [2.05, 4.69) is 50.2 Å². The molecule has 27 heavy (non-hydrogen) atoms. The molecular weight excluding hydrogens is 330 g/mol. The fourth-order valence-corrected chi connectivity index (χ4v) is 8.05. The van der Waals surface area contributed by atoms with Crippen molar-refractivity contribution >= 4 is 11.4 Å². The van der Waals surface area contributed by atoms with E-state index < -0.39 is 0 Å². The van der Waals surface area contributed by atoms with Crippen molar-refractivity contribution in [2.75, 3.05) is 0 Å². The van der Waals surface area contributed by atoms with Gasteiger partial charge in [0.25, 0.3) is 0 Å². The zero-order valence-electron chi connectivity index (χ0n) is 17.1. The van der Waals surface area contributed by atoms with Crippen LogP contribution in [-0.2, 0) is 4.79 Å². The van der Waals surface area contributed by atoms with Gasteiger partial charge in [-0.25, -0.2) is 0 Å². The van der Waals surface area contributed by atoms with Crippen molar-refractivity contribution in [2.45, 2.75) is 65.7 Å². The third-order valence-electron chi connectivity index (χ3n) is 9.41. The van der Waals surface area contributed by atoms with Gasteiger partial charge in [-0.15, -0.1) is 0 Å². The van der Waals surface area contributed by atoms with Crippen LogP contribution in [0.3, 0.4) is 0 Å². The molecular formula is C25H33NO. The molecule has 1 aromatic heterocycles. The maximum atomic E-state index is 12.2. The van der Waals surface area contributed by atoms with Gasteiger partial charge < -0.3 is 0 Å². The molecule has 4 aliphatic carbocycles. The van der Waals surface area contributed by atoms with Crippen LogP contribution in [0.1, 0.15) is 71.3 Å². The summed E-state index contributed by atoms with van der Waals surface area (Å²) in [5, 5.41) is 0. The summed E-state index contributed by atoms with van der Waals surface area (Å²) in [6.07, 6.45) is 14.5. The normalized spacial score (nSPS) is 46.3. The van der Waals surface area contributed by atoms with Gasteiger partial charge in [-0.2, -0.15) is 0 Å². The Labute approximate surface area is 163 Å². The van der Waals surface area contributed by atoms with Gasteiger partial charge in [-0.05, 0) is 89.7 Å². The molecule has 0 saturated heterocycles. The van der Waals surface area contributed by atoms with Gasteiger partial charge in [-0.1, -0.05) is 32.9 Å². The standard InChI is InChI=1S/C25H33NO/c1-16-13-19-21-7-6-20(17-5-4-12-26-15-17)24(21,2)11-9-22(19)25(3)10-8-18(27)14-23(16)25/h4-6,12,15-16,19,21-23H,7-11,13-14H2,1-3H3/t16?,19-,21-,22-,23?,24+,25+/m0/s1. The number of hydrogen-bond donors (Lipinski definition) is 0. The van der Waals surface area contributed by atoms with Crippen LogP contribution in [0.15, 0.2) is 30.6 Å². The highest BCUT2D eigenvalue weighted by Gasteiger charge is 2.60. The highest BCUT2D eigenvalue weighted by atomic mass is 16.1. The van der Waals surface area contributed by atoms with E-state index in [1.807, 2.05) is 6.20 Å². The second kappa shape index (κ2) is 6.03. The van der Waals surface area contributed by atoms with E-state index in [0.29, 0.717) is 28.4 Å². The summed E-state index contributed by atoms with van der Waals surface area (Å²) in [4.78, 5) is 16.6. The number of rotatable bonds is 1. The SMILES string of the molecule is CC1C[C@@H]2[C@H](CC[C@]3(C)C(c4cccnc4)=CC[C@@H]23)[C@@]2(C)CCC(=O)CC12. The van der Waals surface area contributed by atoms with Crippen molar-refractivity contribution in [3.63, 3.8) is 0 Å². The van der Waals surface area contributed by atoms with E-state index in [4.69, 9.17) is 0 Å². The number of aromatic nitrogens is 1. The Morgan fingerprint density at radius 2 is 2.00 bits per heavy atom. The minimum Gasteiger partial charge on any atom is -0.300 e. The molecule has 5 rings (SSSR count). The smallest absolute Gasteiger partial charge is 0.133 e. The number of carbonyl (C=O) groups excluding carboxylic acids is 1. The summed E-state index contributed by atoms with van der Waals surface area (Å²) in [6, 6.07) is 4.32. The lowest BCUT2D eigenvalue weighted by Gasteiger charge is -2.62. The van der Waals surface area contributed by atoms with Crippen molar-refractivity contribution in [2.24, 2.45) is 40.4 Å². The second-order valence-electron chi connectivity index (χ2n) is 10.5. The molecule has 4 aliphatic rings. The molecule has 2 nitrogen and oxygen atoms in total. The van der Waals surface area contributed by atoms with Gasteiger partial charge in [0.1, 0.15) is 5.78 Å². The molecule has 0 bridgehead atoms. The summed E-state index contributed by atoms with van der Waals surface area (Å²) in [5.74, 6) is 4.22. The van der Waals surface area contributed by atoms with Gasteiger partial charge in [0.2, 0.25) is 0 Å². The van der Waals surface area contributed by atoms with E-state index in [0.717, 1.165) is 37.0 Å². The van der Waals surface area contributed by atoms with Gasteiger partial charge in [0.15, 0.2) is 0 Å². The Morgan fingerprint density at radius 3 is 2.78 bits per heavy atom. The lowest BCUT2D eigenvalue weighted by molar-refractivity contribution is -0.144. The number of ketones is 1. The quantitative estimate of drug-likeness (QED) is 0.619. The summed E-state index contributed by atoms with van der Waals surface area (Å²) in [5.41, 5.74) is 3.57. The highest BCUT2D eigenvalue weighted by molar-refractivity contribution is 5.79. The van der Waals surface area contributed by atoms with Crippen molar-refractivity contribution in [3.05, 3.63) is 36.2 Å². The first kappa shape index (κ1) is 17.6. The molecule has 3 fully saturated rings. The van der Waals surface area contributed by atoms with Crippen LogP contribution < -0.4 is 0 Å². The predicted octanol–water partition coefficient (Wildman–Crippen LogP) is 5.93. The Balaban J connectivity index is 1.48. The van der Waals surface area contributed by atoms with E-state index in [1.54, 1.807) is 5.57 Å². The zero-order valence-corrected chi connectivity index (χ0v) is 17.1. The first-order valence-corrected chi connectivity index (χ1v) is 11.1. The first-order valence-electron chi connectivity index (χ1n) is 11.1. The molecule has 0 aliphatic heterocycles. The molecule has 7 atom stereocenters. The predicted molar refractivity (Wildman–Crippen MR) is 109 cm³/mol. The summed E-state index contributed by atoms with van der Waals surface area (Å²) in [6.45, 7) is 7.52. The number of hydrogen-bond acceptors (Lipinski definition) is 2. The molecule has 0 N–H and O–H groups in total. The van der Waals surface area contributed by atoms with Crippen molar-refractivity contribution in [1.82, 2.24) is 4.98 Å². The van der Waals surface area contributed by atoms with Crippen LogP contribution in [-0.4, -0.2) is 10.8 Å². The van der Waals surface area contributed by atoms with Crippen LogP contribution in [0.2, 0.25) is 0 Å². The Hall–Kier alpha value is -1.44. The maximum Gasteiger partial charge on any atom is 0.133 e. The van der Waals surface area contributed by atoms with Gasteiger partial charge >= 0.3 is 0 Å². The zero-order chi connectivity index (χ0) is 18.8. The summed E-state index contributed by atoms with van der Waals surface area (Å²) < 4.78 is 0. The second-order valence-corrected chi connectivity index (χ2v) is 10.5. The molecule has 3 saturated carbocycles. The Kier molecular flexibility index (Phi) is 3.94. The van der Waals surface area contributed by atoms with Crippen LogP contribution in [0, 0.1) is 40.4 Å². The lowest BCUT2D eigenvalue weighted by Crippen LogP contribution is -2.55. The van der Waals surface area contributed by atoms with E-state index >= 15 is 0 Å². The van der Waals surface area contributed by atoms with E-state index in [9.17, 15) is 4.79 Å². The van der Waals surface area contributed by atoms with Crippen LogP contribution in [0.5, 0.6) is 0 Å². The lowest BCUT2D eigenvalue weighted by atomic mass is 9.43. The maximum absolute atomic E-state index is 12.2. The van der Waals surface area contributed by atoms with Crippen LogP contribution in [0.4, 0.5) is 0 Å². The fourth-order valence-electron chi connectivity index (χ4n) is 8.05. The number of nitrogens with zero attached hydrogens (tertiary/aromatic N) is 1. The molecule has 1 heterocycles. The minimum absolute atomic E-state index is 0.303. The average Bonchev–Trinajstić information content (AvgIpc) is 3.01.